The monoisotopic (exact) mass is 413 g/mol. The van der Waals surface area contributed by atoms with Crippen LogP contribution in [0.4, 0.5) is 5.69 Å². The summed E-state index contributed by atoms with van der Waals surface area (Å²) in [7, 11) is 2.02. The second-order valence-corrected chi connectivity index (χ2v) is 7.37. The maximum atomic E-state index is 9.46. The van der Waals surface area contributed by atoms with E-state index in [2.05, 4.69) is 79.0 Å². The zero-order valence-electron chi connectivity index (χ0n) is 17.2. The maximum absolute atomic E-state index is 9.46. The average Bonchev–Trinajstić information content (AvgIpc) is 3.57. The fraction of sp³-hybridized carbons (Fsp3) is 0.190. The van der Waals surface area contributed by atoms with Gasteiger partial charge in [0.2, 0.25) is 0 Å². The van der Waals surface area contributed by atoms with Crippen molar-refractivity contribution in [3.8, 4) is 23.3 Å². The van der Waals surface area contributed by atoms with Crippen molar-refractivity contribution in [1.29, 1.82) is 5.26 Å². The Balaban J connectivity index is 1.49. The predicted molar refractivity (Wildman–Crippen MR) is 115 cm³/mol. The number of tetrazole rings is 1. The van der Waals surface area contributed by atoms with Crippen molar-refractivity contribution >= 4 is 11.9 Å². The smallest absolute Gasteiger partial charge is 0.275 e. The molecule has 1 atom stereocenters. The van der Waals surface area contributed by atoms with Crippen LogP contribution in [-0.4, -0.2) is 61.2 Å². The van der Waals surface area contributed by atoms with Gasteiger partial charge in [-0.25, -0.2) is 10.1 Å². The fourth-order valence-electron chi connectivity index (χ4n) is 3.98. The Morgan fingerprint density at radius 2 is 2.10 bits per heavy atom. The first-order chi connectivity index (χ1) is 15.1. The van der Waals surface area contributed by atoms with Crippen molar-refractivity contribution in [2.45, 2.75) is 6.92 Å². The van der Waals surface area contributed by atoms with E-state index in [9.17, 15) is 5.26 Å². The summed E-state index contributed by atoms with van der Waals surface area (Å²) in [5.74, 6) is 1.49. The van der Waals surface area contributed by atoms with Crippen LogP contribution in [0, 0.1) is 11.3 Å². The Bertz CT molecular complexity index is 1230. The van der Waals surface area contributed by atoms with Gasteiger partial charge in [0, 0.05) is 18.4 Å². The number of nitriles is 1. The molecule has 0 spiro atoms. The number of fused-ring (bicyclic) bond motifs is 1. The van der Waals surface area contributed by atoms with Gasteiger partial charge in [0.1, 0.15) is 17.8 Å². The molecule has 0 saturated carbocycles. The number of hydrogen-bond acceptors (Lipinski definition) is 7. The van der Waals surface area contributed by atoms with E-state index >= 15 is 0 Å². The number of benzene rings is 1. The first-order valence-corrected chi connectivity index (χ1v) is 9.92. The third-order valence-corrected chi connectivity index (χ3v) is 5.69. The number of rotatable bonds is 5. The Labute approximate surface area is 179 Å². The highest BCUT2D eigenvalue weighted by Gasteiger charge is 2.45. The number of anilines is 1. The molecular weight excluding hydrogens is 392 g/mol. The number of allylic oxidation sites excluding steroid dienone is 1. The lowest BCUT2D eigenvalue weighted by Crippen LogP contribution is -2.55. The van der Waals surface area contributed by atoms with E-state index in [0.717, 1.165) is 29.4 Å². The van der Waals surface area contributed by atoms with Gasteiger partial charge < -0.3 is 9.47 Å². The molecule has 2 aliphatic rings. The average molecular weight is 413 g/mol. The number of H-pyrrole nitrogens is 1. The minimum atomic E-state index is 0.352. The van der Waals surface area contributed by atoms with Gasteiger partial charge in [-0.15, -0.1) is 9.69 Å². The summed E-state index contributed by atoms with van der Waals surface area (Å²) in [4.78, 5) is 6.77. The Morgan fingerprint density at radius 1 is 1.26 bits per heavy atom. The highest BCUT2D eigenvalue weighted by Crippen LogP contribution is 2.36. The van der Waals surface area contributed by atoms with E-state index in [1.165, 1.54) is 0 Å². The zero-order chi connectivity index (χ0) is 21.4. The second kappa shape index (κ2) is 7.23. The van der Waals surface area contributed by atoms with Gasteiger partial charge in [-0.2, -0.15) is 10.3 Å². The van der Waals surface area contributed by atoms with E-state index in [4.69, 9.17) is 0 Å². The fourth-order valence-corrected chi connectivity index (χ4v) is 3.98. The molecule has 10 heteroatoms. The molecular formula is C21H21N10+. The quantitative estimate of drug-likeness (QED) is 0.645. The summed E-state index contributed by atoms with van der Waals surface area (Å²) in [6, 6.07) is 14.4. The van der Waals surface area contributed by atoms with Crippen molar-refractivity contribution in [2.75, 3.05) is 25.3 Å². The topological polar surface area (TPSA) is 102 Å². The largest absolute Gasteiger partial charge is 0.322 e. The first-order valence-electron chi connectivity index (χ1n) is 9.92. The Morgan fingerprint density at radius 3 is 2.81 bits per heavy atom. The summed E-state index contributed by atoms with van der Waals surface area (Å²) in [5, 5.41) is 25.7. The van der Waals surface area contributed by atoms with Crippen LogP contribution in [0.15, 0.2) is 71.4 Å². The highest BCUT2D eigenvalue weighted by atomic mass is 15.8. The van der Waals surface area contributed by atoms with Crippen molar-refractivity contribution in [3.63, 3.8) is 0 Å². The van der Waals surface area contributed by atoms with Gasteiger partial charge in [-0.3, -0.25) is 0 Å². The van der Waals surface area contributed by atoms with E-state index in [-0.39, 0.29) is 0 Å². The summed E-state index contributed by atoms with van der Waals surface area (Å²) in [6.07, 6.45) is 7.62. The predicted octanol–water partition coefficient (Wildman–Crippen LogP) is 2.41. The summed E-state index contributed by atoms with van der Waals surface area (Å²) in [5.41, 5.74) is 3.43. The summed E-state index contributed by atoms with van der Waals surface area (Å²) in [6.45, 7) is 3.67. The molecule has 31 heavy (non-hydrogen) atoms. The lowest BCUT2D eigenvalue weighted by Gasteiger charge is -2.40. The van der Waals surface area contributed by atoms with Gasteiger partial charge in [-0.05, 0) is 53.7 Å². The number of aromatic amines is 1. The Hall–Kier alpha value is -4.23. The standard InChI is InChI=1S/C21H21N10/c1-3-29-13-20-23-12-16(11-22)14-31(20,15-29)28(2)17-6-8-18(9-7-17)30-10-4-5-19(30)21-24-26-27-25-21/h4-10,12-14H,3,15H2,1-2H3,(H,24,25,26,27)/q+1. The van der Waals surface area contributed by atoms with Crippen molar-refractivity contribution in [1.82, 2.24) is 30.1 Å². The van der Waals surface area contributed by atoms with Crippen LogP contribution in [0.3, 0.4) is 0 Å². The molecule has 1 unspecified atom stereocenters. The van der Waals surface area contributed by atoms with Gasteiger partial charge in [-0.1, -0.05) is 0 Å². The number of hydrogen-bond donors (Lipinski definition) is 1. The summed E-state index contributed by atoms with van der Waals surface area (Å²) >= 11 is 0. The molecule has 0 saturated heterocycles. The van der Waals surface area contributed by atoms with Gasteiger partial charge in [0.05, 0.1) is 30.8 Å². The number of quaternary nitrogens is 1. The van der Waals surface area contributed by atoms with Crippen LogP contribution in [0.2, 0.25) is 0 Å². The lowest BCUT2D eigenvalue weighted by molar-refractivity contribution is -0.851. The first kappa shape index (κ1) is 18.8. The molecule has 0 amide bonds. The van der Waals surface area contributed by atoms with Crippen molar-refractivity contribution < 1.29 is 4.59 Å². The lowest BCUT2D eigenvalue weighted by atomic mass is 10.2. The minimum Gasteiger partial charge on any atom is -0.322 e. The van der Waals surface area contributed by atoms with Crippen LogP contribution in [0.1, 0.15) is 6.92 Å². The number of aromatic nitrogens is 5. The van der Waals surface area contributed by atoms with Gasteiger partial charge >= 0.3 is 0 Å². The molecule has 5 rings (SSSR count). The molecule has 10 nitrogen and oxygen atoms in total. The minimum absolute atomic E-state index is 0.352. The van der Waals surface area contributed by atoms with Crippen LogP contribution < -0.4 is 5.01 Å². The van der Waals surface area contributed by atoms with Crippen molar-refractivity contribution in [2.24, 2.45) is 4.99 Å². The van der Waals surface area contributed by atoms with Crippen LogP contribution in [-0.2, 0) is 0 Å². The van der Waals surface area contributed by atoms with Crippen LogP contribution >= 0.6 is 0 Å². The molecule has 1 aromatic carbocycles. The zero-order valence-corrected chi connectivity index (χ0v) is 17.2. The summed E-state index contributed by atoms with van der Waals surface area (Å²) < 4.78 is 2.38. The SMILES string of the molecule is CCN1C=C2N=CC(C#N)=C[N+]2(N(C)c2ccc(-n3cccc3-c3nnn[nH]3)cc2)C1. The molecule has 154 valence electrons. The van der Waals surface area contributed by atoms with E-state index in [1.807, 2.05) is 36.1 Å². The molecule has 2 aromatic heterocycles. The third kappa shape index (κ3) is 2.99. The van der Waals surface area contributed by atoms with E-state index in [0.29, 0.717) is 22.7 Å². The van der Waals surface area contributed by atoms with Gasteiger partial charge in [0.25, 0.3) is 5.82 Å². The molecule has 2 aliphatic heterocycles. The molecule has 0 radical (unpaired) electrons. The molecule has 1 N–H and O–H groups in total. The highest BCUT2D eigenvalue weighted by molar-refractivity contribution is 5.84. The van der Waals surface area contributed by atoms with E-state index < -0.39 is 0 Å². The number of nitrogens with one attached hydrogen (secondary N) is 1. The normalized spacial score (nSPS) is 19.6. The molecule has 0 fully saturated rings. The van der Waals surface area contributed by atoms with Crippen molar-refractivity contribution in [3.05, 3.63) is 66.4 Å². The van der Waals surface area contributed by atoms with E-state index in [1.54, 1.807) is 6.21 Å². The molecule has 4 heterocycles. The second-order valence-electron chi connectivity index (χ2n) is 7.37. The molecule has 3 aromatic rings. The number of aliphatic imine (C=N–C) groups is 1. The molecule has 0 aliphatic carbocycles. The molecule has 0 bridgehead atoms. The van der Waals surface area contributed by atoms with Crippen LogP contribution in [0.25, 0.3) is 17.2 Å². The third-order valence-electron chi connectivity index (χ3n) is 5.69. The Kier molecular flexibility index (Phi) is 4.38. The number of nitrogens with zero attached hydrogens (tertiary/aromatic N) is 9. The maximum Gasteiger partial charge on any atom is 0.275 e. The van der Waals surface area contributed by atoms with Gasteiger partial charge in [0.15, 0.2) is 12.5 Å². The van der Waals surface area contributed by atoms with Crippen LogP contribution in [0.5, 0.6) is 0 Å².